The van der Waals surface area contributed by atoms with Crippen LogP contribution in [-0.4, -0.2) is 43.2 Å². The normalized spacial score (nSPS) is 14.3. The maximum atomic E-state index is 12.5. The molecule has 0 amide bonds. The number of fused-ring (bicyclic) bond motifs is 2. The van der Waals surface area contributed by atoms with Gasteiger partial charge in [-0.15, -0.1) is 5.10 Å². The lowest BCUT2D eigenvalue weighted by atomic mass is 10.1. The Morgan fingerprint density at radius 1 is 1.09 bits per heavy atom. The largest absolute Gasteiger partial charge is 0.329 e. The summed E-state index contributed by atoms with van der Waals surface area (Å²) in [7, 11) is -2.64. The second kappa shape index (κ2) is 9.05. The van der Waals surface area contributed by atoms with E-state index in [4.69, 9.17) is 9.51 Å². The smallest absolute Gasteiger partial charge is 0.221 e. The van der Waals surface area contributed by atoms with Gasteiger partial charge in [-0.05, 0) is 43.2 Å². The van der Waals surface area contributed by atoms with Crippen molar-refractivity contribution in [2.24, 2.45) is 0 Å². The maximum absolute atomic E-state index is 12.5. The Balaban J connectivity index is 1.45. The topological polar surface area (TPSA) is 95.7 Å². The minimum atomic E-state index is -2.64. The van der Waals surface area contributed by atoms with Crippen molar-refractivity contribution in [3.05, 3.63) is 78.1 Å². The highest BCUT2D eigenvalue weighted by Crippen LogP contribution is 2.46. The minimum Gasteiger partial charge on any atom is -0.329 e. The summed E-state index contributed by atoms with van der Waals surface area (Å²) < 4.78 is 19.7. The molecule has 0 radical (unpaired) electrons. The first-order chi connectivity index (χ1) is 16.4. The molecule has 34 heavy (non-hydrogen) atoms. The van der Waals surface area contributed by atoms with Gasteiger partial charge in [0.25, 0.3) is 0 Å². The van der Waals surface area contributed by atoms with Gasteiger partial charge in [-0.25, -0.2) is 14.6 Å². The number of aromatic nitrogens is 6. The van der Waals surface area contributed by atoms with Gasteiger partial charge in [-0.1, -0.05) is 41.6 Å². The molecule has 0 spiro atoms. The van der Waals surface area contributed by atoms with Crippen molar-refractivity contribution >= 4 is 29.6 Å². The molecule has 5 aromatic rings. The first-order valence-electron chi connectivity index (χ1n) is 11.2. The quantitative estimate of drug-likeness (QED) is 0.289. The minimum absolute atomic E-state index is 0.0844. The van der Waals surface area contributed by atoms with Gasteiger partial charge >= 0.3 is 0 Å². The van der Waals surface area contributed by atoms with Crippen LogP contribution in [0.15, 0.2) is 67.0 Å². The van der Waals surface area contributed by atoms with Crippen molar-refractivity contribution in [3.63, 3.8) is 0 Å². The molecule has 0 bridgehead atoms. The summed E-state index contributed by atoms with van der Waals surface area (Å²) in [6.07, 6.45) is 3.90. The monoisotopic (exact) mass is 472 g/mol. The summed E-state index contributed by atoms with van der Waals surface area (Å²) in [6.45, 7) is 6.03. The second-order valence-electron chi connectivity index (χ2n) is 8.35. The van der Waals surface area contributed by atoms with Crippen molar-refractivity contribution in [1.82, 2.24) is 29.9 Å². The molecule has 0 saturated carbocycles. The molecule has 2 atom stereocenters. The van der Waals surface area contributed by atoms with Crippen LogP contribution in [-0.2, 0) is 15.3 Å². The Hall–Kier alpha value is -3.48. The molecule has 0 saturated heterocycles. The third-order valence-corrected chi connectivity index (χ3v) is 7.53. The second-order valence-corrected chi connectivity index (χ2v) is 11.0. The maximum Gasteiger partial charge on any atom is 0.221 e. The number of benzene rings is 2. The Labute approximate surface area is 197 Å². The van der Waals surface area contributed by atoms with Gasteiger partial charge in [0.2, 0.25) is 13.0 Å². The van der Waals surface area contributed by atoms with Crippen LogP contribution in [0.1, 0.15) is 31.0 Å². The van der Waals surface area contributed by atoms with E-state index in [9.17, 15) is 4.57 Å². The zero-order valence-corrected chi connectivity index (χ0v) is 20.2. The molecule has 0 aliphatic heterocycles. The molecule has 172 valence electrons. The van der Waals surface area contributed by atoms with Gasteiger partial charge < -0.3 is 4.52 Å². The molecule has 5 rings (SSSR count). The lowest BCUT2D eigenvalue weighted by Crippen LogP contribution is -2.09. The fourth-order valence-electron chi connectivity index (χ4n) is 4.06. The third-order valence-electron chi connectivity index (χ3n) is 5.79. The van der Waals surface area contributed by atoms with E-state index in [0.717, 1.165) is 33.3 Å². The van der Waals surface area contributed by atoms with E-state index in [1.807, 2.05) is 49.4 Å². The van der Waals surface area contributed by atoms with Crippen LogP contribution in [0.2, 0.25) is 0 Å². The highest BCUT2D eigenvalue weighted by atomic mass is 31.2. The predicted octanol–water partition coefficient (Wildman–Crippen LogP) is 5.49. The van der Waals surface area contributed by atoms with E-state index in [1.165, 1.54) is 0 Å². The molecular formula is C25H25N6O2P. The van der Waals surface area contributed by atoms with Gasteiger partial charge in [-0.2, -0.15) is 0 Å². The first kappa shape index (κ1) is 22.3. The van der Waals surface area contributed by atoms with Crippen LogP contribution in [0.5, 0.6) is 0 Å². The predicted molar refractivity (Wildman–Crippen MR) is 133 cm³/mol. The lowest BCUT2D eigenvalue weighted by molar-refractivity contribution is 0.336. The molecule has 0 fully saturated rings. The van der Waals surface area contributed by atoms with Crippen molar-refractivity contribution in [1.29, 1.82) is 0 Å². The van der Waals surface area contributed by atoms with Crippen LogP contribution in [0.25, 0.3) is 33.5 Å². The fourth-order valence-corrected chi connectivity index (χ4v) is 5.57. The molecular weight excluding hydrogens is 447 g/mol. The van der Waals surface area contributed by atoms with Crippen LogP contribution >= 0.6 is 7.37 Å². The number of hydrogen-bond donors (Lipinski definition) is 0. The van der Waals surface area contributed by atoms with Crippen LogP contribution in [0.3, 0.4) is 0 Å². The molecule has 0 aliphatic rings. The van der Waals surface area contributed by atoms with Gasteiger partial charge in [0, 0.05) is 30.0 Å². The number of pyridine rings is 1. The van der Waals surface area contributed by atoms with Crippen LogP contribution in [0.4, 0.5) is 0 Å². The summed E-state index contributed by atoms with van der Waals surface area (Å²) in [5.74, 6) is 0. The Morgan fingerprint density at radius 2 is 1.91 bits per heavy atom. The lowest BCUT2D eigenvalue weighted by Gasteiger charge is -2.14. The number of nitrogens with zero attached hydrogens (tertiary/aromatic N) is 6. The van der Waals surface area contributed by atoms with E-state index < -0.39 is 7.37 Å². The average molecular weight is 472 g/mol. The van der Waals surface area contributed by atoms with Crippen molar-refractivity contribution in [2.75, 3.05) is 13.3 Å². The third kappa shape index (κ3) is 4.47. The van der Waals surface area contributed by atoms with E-state index in [-0.39, 0.29) is 6.04 Å². The summed E-state index contributed by atoms with van der Waals surface area (Å²) in [5, 5.41) is 9.63. The fraction of sp³-hybridized carbons (Fsp3) is 0.240. The molecule has 3 heterocycles. The zero-order chi connectivity index (χ0) is 23.7. The van der Waals surface area contributed by atoms with Gasteiger partial charge in [0.1, 0.15) is 0 Å². The number of hydrogen-bond acceptors (Lipinski definition) is 7. The van der Waals surface area contributed by atoms with Crippen molar-refractivity contribution in [2.45, 2.75) is 26.1 Å². The molecule has 2 aromatic carbocycles. The average Bonchev–Trinajstić information content (AvgIpc) is 3.26. The molecule has 8 nitrogen and oxygen atoms in total. The molecule has 0 N–H and O–H groups in total. The van der Waals surface area contributed by atoms with Crippen LogP contribution in [0, 0.1) is 0 Å². The zero-order valence-electron chi connectivity index (χ0n) is 19.3. The highest BCUT2D eigenvalue weighted by Gasteiger charge is 2.18. The van der Waals surface area contributed by atoms with Crippen molar-refractivity contribution < 1.29 is 9.09 Å². The standard InChI is InChI=1S/C25H25N6O2P/c1-4-33-34(3,32)16-18-7-9-19(10-8-18)23-15-27-24-25(28-23)31(30-29-24)17(2)20-11-12-22-21(14-20)6-5-13-26-22/h5-15,17H,4,16H2,1-3H3. The van der Waals surface area contributed by atoms with Gasteiger partial charge in [-0.3, -0.25) is 9.55 Å². The molecule has 2 unspecified atom stereocenters. The Bertz CT molecular complexity index is 1520. The summed E-state index contributed by atoms with van der Waals surface area (Å²) in [4.78, 5) is 13.7. The van der Waals surface area contributed by atoms with E-state index >= 15 is 0 Å². The summed E-state index contributed by atoms with van der Waals surface area (Å²) >= 11 is 0. The Morgan fingerprint density at radius 3 is 2.71 bits per heavy atom. The van der Waals surface area contributed by atoms with Crippen LogP contribution < -0.4 is 0 Å². The molecule has 9 heteroatoms. The van der Waals surface area contributed by atoms with E-state index in [1.54, 1.807) is 23.7 Å². The first-order valence-corrected chi connectivity index (χ1v) is 13.4. The molecule has 3 aromatic heterocycles. The van der Waals surface area contributed by atoms with E-state index in [2.05, 4.69) is 39.3 Å². The van der Waals surface area contributed by atoms with Gasteiger partial charge in [0.15, 0.2) is 5.65 Å². The van der Waals surface area contributed by atoms with E-state index in [0.29, 0.717) is 24.1 Å². The van der Waals surface area contributed by atoms with Gasteiger partial charge in [0.05, 0.1) is 30.1 Å². The highest BCUT2D eigenvalue weighted by molar-refractivity contribution is 7.57. The molecule has 0 aliphatic carbocycles. The summed E-state index contributed by atoms with van der Waals surface area (Å²) in [6, 6.07) is 17.9. The number of rotatable bonds is 7. The summed E-state index contributed by atoms with van der Waals surface area (Å²) in [5.41, 5.74) is 5.76. The van der Waals surface area contributed by atoms with Crippen molar-refractivity contribution in [3.8, 4) is 11.3 Å². The Kier molecular flexibility index (Phi) is 5.94. The SMILES string of the molecule is CCOP(C)(=O)Cc1ccc(-c2cnc3nnn(C(C)c4ccc5ncccc5c4)c3n2)cc1.